The highest BCUT2D eigenvalue weighted by Crippen LogP contribution is 2.25. The van der Waals surface area contributed by atoms with E-state index < -0.39 is 0 Å². The van der Waals surface area contributed by atoms with Crippen molar-refractivity contribution >= 4 is 27.9 Å². The first kappa shape index (κ1) is 17.9. The highest BCUT2D eigenvalue weighted by Gasteiger charge is 2.26. The lowest BCUT2D eigenvalue weighted by Crippen LogP contribution is -2.49. The maximum absolute atomic E-state index is 12.9. The van der Waals surface area contributed by atoms with Crippen molar-refractivity contribution in [1.82, 2.24) is 24.7 Å². The molecule has 2 aromatic heterocycles. The molecule has 0 spiro atoms. The average molecular weight is 385 g/mol. The van der Waals surface area contributed by atoms with E-state index in [1.54, 1.807) is 4.52 Å². The summed E-state index contributed by atoms with van der Waals surface area (Å²) in [5.74, 6) is 0.993. The number of aryl methyl sites for hydroxylation is 1. The van der Waals surface area contributed by atoms with Gasteiger partial charge in [0.1, 0.15) is 0 Å². The van der Waals surface area contributed by atoms with Crippen LogP contribution in [0.15, 0.2) is 18.2 Å². The molecule has 1 aliphatic rings. The number of hydrogen-bond donors (Lipinski definition) is 0. The van der Waals surface area contributed by atoms with Gasteiger partial charge >= 0.3 is 0 Å². The molecule has 0 atom stereocenters. The smallest absolute Gasteiger partial charge is 0.284 e. The van der Waals surface area contributed by atoms with Gasteiger partial charge in [0, 0.05) is 37.8 Å². The van der Waals surface area contributed by atoms with E-state index in [1.807, 2.05) is 18.7 Å². The molecule has 1 amide bonds. The second-order valence-corrected chi connectivity index (χ2v) is 8.27. The van der Waals surface area contributed by atoms with Crippen molar-refractivity contribution < 1.29 is 4.79 Å². The number of piperazine rings is 1. The van der Waals surface area contributed by atoms with E-state index in [2.05, 4.69) is 52.2 Å². The van der Waals surface area contributed by atoms with E-state index in [0.717, 1.165) is 18.9 Å². The van der Waals surface area contributed by atoms with Gasteiger partial charge in [-0.05, 0) is 31.0 Å². The molecule has 7 nitrogen and oxygen atoms in total. The first-order valence-electron chi connectivity index (χ1n) is 9.28. The Morgan fingerprint density at radius 3 is 2.56 bits per heavy atom. The van der Waals surface area contributed by atoms with Crippen molar-refractivity contribution in [2.45, 2.75) is 33.6 Å². The van der Waals surface area contributed by atoms with Crippen LogP contribution in [0.25, 0.3) is 4.96 Å². The first-order valence-corrected chi connectivity index (χ1v) is 10.1. The normalized spacial score (nSPS) is 15.1. The third kappa shape index (κ3) is 3.18. The van der Waals surface area contributed by atoms with Gasteiger partial charge in [-0.3, -0.25) is 4.79 Å². The Morgan fingerprint density at radius 2 is 1.85 bits per heavy atom. The summed E-state index contributed by atoms with van der Waals surface area (Å²) < 4.78 is 1.70. The largest absolute Gasteiger partial charge is 0.368 e. The van der Waals surface area contributed by atoms with E-state index >= 15 is 0 Å². The molecule has 0 saturated carbocycles. The van der Waals surface area contributed by atoms with Crippen LogP contribution in [-0.4, -0.2) is 56.8 Å². The summed E-state index contributed by atoms with van der Waals surface area (Å²) in [6.07, 6.45) is 0. The number of benzene rings is 1. The molecule has 142 valence electrons. The lowest BCUT2D eigenvalue weighted by atomic mass is 10.1. The van der Waals surface area contributed by atoms with Crippen LogP contribution in [0.4, 0.5) is 5.69 Å². The predicted octanol–water partition coefficient (Wildman–Crippen LogP) is 2.89. The summed E-state index contributed by atoms with van der Waals surface area (Å²) in [7, 11) is 0. The van der Waals surface area contributed by atoms with Gasteiger partial charge in [0.25, 0.3) is 5.91 Å². The maximum Gasteiger partial charge on any atom is 0.284 e. The second-order valence-electron chi connectivity index (χ2n) is 7.31. The van der Waals surface area contributed by atoms with Crippen molar-refractivity contribution in [3.05, 3.63) is 40.2 Å². The molecule has 0 radical (unpaired) electrons. The van der Waals surface area contributed by atoms with Crippen LogP contribution in [-0.2, 0) is 0 Å². The van der Waals surface area contributed by atoms with Crippen LogP contribution < -0.4 is 4.90 Å². The summed E-state index contributed by atoms with van der Waals surface area (Å²) in [6, 6.07) is 6.40. The minimum Gasteiger partial charge on any atom is -0.368 e. The average Bonchev–Trinajstić information content (AvgIpc) is 3.24. The molecule has 3 aromatic rings. The van der Waals surface area contributed by atoms with Gasteiger partial charge in [-0.1, -0.05) is 37.3 Å². The quantitative estimate of drug-likeness (QED) is 0.695. The number of rotatable bonds is 3. The number of fused-ring (bicyclic) bond motifs is 1. The molecular formula is C19H24N6OS. The fraction of sp³-hybridized carbons (Fsp3) is 0.474. The van der Waals surface area contributed by atoms with Gasteiger partial charge in [0.2, 0.25) is 9.97 Å². The molecule has 0 N–H and O–H groups in total. The zero-order chi connectivity index (χ0) is 19.1. The number of amides is 1. The third-order valence-corrected chi connectivity index (χ3v) is 6.08. The minimum atomic E-state index is -0.0131. The molecule has 4 rings (SSSR count). The van der Waals surface area contributed by atoms with E-state index in [1.165, 1.54) is 28.2 Å². The Balaban J connectivity index is 1.48. The molecule has 1 aliphatic heterocycles. The van der Waals surface area contributed by atoms with Gasteiger partial charge in [-0.25, -0.2) is 0 Å². The number of carbonyl (C=O) groups is 1. The number of carbonyl (C=O) groups excluding carboxylic acids is 1. The van der Waals surface area contributed by atoms with Crippen molar-refractivity contribution in [2.75, 3.05) is 31.1 Å². The molecule has 0 bridgehead atoms. The van der Waals surface area contributed by atoms with Crippen molar-refractivity contribution in [1.29, 1.82) is 0 Å². The number of nitrogens with zero attached hydrogens (tertiary/aromatic N) is 6. The van der Waals surface area contributed by atoms with E-state index in [9.17, 15) is 4.79 Å². The summed E-state index contributed by atoms with van der Waals surface area (Å²) in [6.45, 7) is 11.4. The van der Waals surface area contributed by atoms with Crippen LogP contribution in [0.5, 0.6) is 0 Å². The van der Waals surface area contributed by atoms with Crippen LogP contribution in [0.3, 0.4) is 0 Å². The van der Waals surface area contributed by atoms with Gasteiger partial charge in [-0.15, -0.1) is 15.3 Å². The maximum atomic E-state index is 12.9. The monoisotopic (exact) mass is 384 g/mol. The first-order chi connectivity index (χ1) is 13.0. The number of aromatic nitrogens is 4. The van der Waals surface area contributed by atoms with Gasteiger partial charge in [-0.2, -0.15) is 4.52 Å². The van der Waals surface area contributed by atoms with Gasteiger partial charge in [0.15, 0.2) is 5.82 Å². The zero-order valence-electron chi connectivity index (χ0n) is 16.1. The van der Waals surface area contributed by atoms with Crippen molar-refractivity contribution in [2.24, 2.45) is 0 Å². The Kier molecular flexibility index (Phi) is 4.59. The zero-order valence-corrected chi connectivity index (χ0v) is 17.0. The highest BCUT2D eigenvalue weighted by molar-refractivity contribution is 7.18. The minimum absolute atomic E-state index is 0.0131. The predicted molar refractivity (Wildman–Crippen MR) is 107 cm³/mol. The molecule has 1 fully saturated rings. The summed E-state index contributed by atoms with van der Waals surface area (Å²) >= 11 is 1.31. The fourth-order valence-corrected chi connectivity index (χ4v) is 4.26. The SMILES string of the molecule is Cc1cccc(N2CCN(C(=O)c3nn4c(C(C)C)nnc4s3)CC2)c1C. The van der Waals surface area contributed by atoms with Crippen LogP contribution >= 0.6 is 11.3 Å². The van der Waals surface area contributed by atoms with E-state index in [4.69, 9.17) is 0 Å². The highest BCUT2D eigenvalue weighted by atomic mass is 32.1. The molecule has 0 aliphatic carbocycles. The molecular weight excluding hydrogens is 360 g/mol. The molecule has 0 unspecified atom stereocenters. The van der Waals surface area contributed by atoms with E-state index in [0.29, 0.717) is 23.1 Å². The topological polar surface area (TPSA) is 66.6 Å². The van der Waals surface area contributed by atoms with Crippen molar-refractivity contribution in [3.63, 3.8) is 0 Å². The van der Waals surface area contributed by atoms with Gasteiger partial charge in [0.05, 0.1) is 0 Å². The second kappa shape index (κ2) is 6.92. The third-order valence-electron chi connectivity index (χ3n) is 5.20. The van der Waals surface area contributed by atoms with Crippen molar-refractivity contribution in [3.8, 4) is 0 Å². The Morgan fingerprint density at radius 1 is 1.11 bits per heavy atom. The molecule has 1 aromatic carbocycles. The van der Waals surface area contributed by atoms with Crippen LogP contribution in [0.1, 0.15) is 46.5 Å². The Bertz CT molecular complexity index is 983. The van der Waals surface area contributed by atoms with E-state index in [-0.39, 0.29) is 11.8 Å². The summed E-state index contributed by atoms with van der Waals surface area (Å²) in [5, 5.41) is 13.3. The van der Waals surface area contributed by atoms with Gasteiger partial charge < -0.3 is 9.80 Å². The molecule has 27 heavy (non-hydrogen) atoms. The molecule has 1 saturated heterocycles. The number of hydrogen-bond acceptors (Lipinski definition) is 6. The Labute approximate surface area is 162 Å². The fourth-order valence-electron chi connectivity index (χ4n) is 3.44. The Hall–Kier alpha value is -2.48. The lowest BCUT2D eigenvalue weighted by Gasteiger charge is -2.36. The van der Waals surface area contributed by atoms with Crippen LogP contribution in [0.2, 0.25) is 0 Å². The summed E-state index contributed by atoms with van der Waals surface area (Å²) in [4.78, 5) is 17.8. The lowest BCUT2D eigenvalue weighted by molar-refractivity contribution is 0.0745. The standard InChI is InChI=1S/C19H24N6OS/c1-12(2)16-20-21-19-25(16)22-17(27-19)18(26)24-10-8-23(9-11-24)15-7-5-6-13(3)14(15)4/h5-7,12H,8-11H2,1-4H3. The van der Waals surface area contributed by atoms with Crippen LogP contribution in [0, 0.1) is 13.8 Å². The molecule has 8 heteroatoms. The number of anilines is 1. The molecule has 3 heterocycles. The summed E-state index contributed by atoms with van der Waals surface area (Å²) in [5.41, 5.74) is 3.88.